The van der Waals surface area contributed by atoms with Crippen LogP contribution in [0.2, 0.25) is 0 Å². The molecule has 1 aromatic rings. The Morgan fingerprint density at radius 3 is 2.00 bits per heavy atom. The quantitative estimate of drug-likeness (QED) is 0.442. The van der Waals surface area contributed by atoms with E-state index in [9.17, 15) is 38.2 Å². The number of likely N-dealkylation sites (tertiary alicyclic amines) is 1. The maximum atomic E-state index is 12.8. The largest absolute Gasteiger partial charge is 0.416 e. The lowest BCUT2D eigenvalue weighted by atomic mass is 10.1. The van der Waals surface area contributed by atoms with Crippen LogP contribution in [0.1, 0.15) is 18.4 Å². The minimum atomic E-state index is -4.97. The van der Waals surface area contributed by atoms with Crippen LogP contribution in [0.25, 0.3) is 0 Å². The number of amides is 1. The third-order valence-electron chi connectivity index (χ3n) is 3.57. The number of nitro groups is 2. The molecule has 0 N–H and O–H groups in total. The standard InChI is InChI=1S/C13H12F3N3O5S/c14-13(15,16)8-5-9(18(21)22)12(10(6-8)19(23)24)25-7-11(20)17-3-1-2-4-17/h5-6H,1-4,7H2. The summed E-state index contributed by atoms with van der Waals surface area (Å²) in [6.45, 7) is 1.05. The second-order valence-electron chi connectivity index (χ2n) is 5.23. The van der Waals surface area contributed by atoms with Gasteiger partial charge in [-0.05, 0) is 12.8 Å². The molecule has 0 unspecified atom stereocenters. The Bertz CT molecular complexity index is 684. The zero-order valence-electron chi connectivity index (χ0n) is 12.6. The van der Waals surface area contributed by atoms with Gasteiger partial charge in [0.25, 0.3) is 11.4 Å². The number of nitrogens with zero attached hydrogens (tertiary/aromatic N) is 3. The molecule has 2 rings (SSSR count). The average molecular weight is 379 g/mol. The molecule has 1 aliphatic heterocycles. The molecule has 0 aliphatic carbocycles. The molecule has 1 heterocycles. The highest BCUT2D eigenvalue weighted by molar-refractivity contribution is 8.00. The number of carbonyl (C=O) groups excluding carboxylic acids is 1. The van der Waals surface area contributed by atoms with Crippen molar-refractivity contribution < 1.29 is 27.8 Å². The molecule has 1 aromatic carbocycles. The minimum absolute atomic E-state index is 0.246. The lowest BCUT2D eigenvalue weighted by molar-refractivity contribution is -0.400. The normalized spacial score (nSPS) is 14.6. The van der Waals surface area contributed by atoms with Crippen LogP contribution in [0, 0.1) is 20.2 Å². The van der Waals surface area contributed by atoms with E-state index in [2.05, 4.69) is 0 Å². The first-order valence-electron chi connectivity index (χ1n) is 7.06. The van der Waals surface area contributed by atoms with Crippen molar-refractivity contribution in [1.29, 1.82) is 0 Å². The Morgan fingerprint density at radius 1 is 1.12 bits per heavy atom. The maximum absolute atomic E-state index is 12.8. The Morgan fingerprint density at radius 2 is 1.60 bits per heavy atom. The predicted molar refractivity (Wildman–Crippen MR) is 81.3 cm³/mol. The van der Waals surface area contributed by atoms with Crippen LogP contribution in [0.3, 0.4) is 0 Å². The summed E-state index contributed by atoms with van der Waals surface area (Å²) >= 11 is 0.503. The fourth-order valence-corrected chi connectivity index (χ4v) is 3.39. The van der Waals surface area contributed by atoms with Crippen LogP contribution >= 0.6 is 11.8 Å². The van der Waals surface area contributed by atoms with E-state index < -0.39 is 37.9 Å². The molecule has 0 spiro atoms. The van der Waals surface area contributed by atoms with Gasteiger partial charge in [0.05, 0.1) is 21.2 Å². The van der Waals surface area contributed by atoms with Crippen molar-refractivity contribution in [2.24, 2.45) is 0 Å². The smallest absolute Gasteiger partial charge is 0.342 e. The third kappa shape index (κ3) is 4.38. The van der Waals surface area contributed by atoms with E-state index in [4.69, 9.17) is 0 Å². The van der Waals surface area contributed by atoms with Gasteiger partial charge in [-0.15, -0.1) is 11.8 Å². The topological polar surface area (TPSA) is 107 Å². The molecular formula is C13H12F3N3O5S. The average Bonchev–Trinajstić information content (AvgIpc) is 3.05. The van der Waals surface area contributed by atoms with Gasteiger partial charge in [0.2, 0.25) is 5.91 Å². The Hall–Kier alpha value is -2.37. The summed E-state index contributed by atoms with van der Waals surface area (Å²) in [7, 11) is 0. The van der Waals surface area contributed by atoms with E-state index in [0.29, 0.717) is 24.9 Å². The van der Waals surface area contributed by atoms with Crippen molar-refractivity contribution in [2.75, 3.05) is 18.8 Å². The van der Waals surface area contributed by atoms with Gasteiger partial charge in [-0.1, -0.05) is 0 Å². The zero-order chi connectivity index (χ0) is 18.8. The molecule has 12 heteroatoms. The van der Waals surface area contributed by atoms with Gasteiger partial charge >= 0.3 is 6.18 Å². The maximum Gasteiger partial charge on any atom is 0.416 e. The van der Waals surface area contributed by atoms with Crippen molar-refractivity contribution >= 4 is 29.0 Å². The minimum Gasteiger partial charge on any atom is -0.342 e. The molecule has 0 radical (unpaired) electrons. The number of rotatable bonds is 5. The first-order chi connectivity index (χ1) is 11.6. The van der Waals surface area contributed by atoms with Crippen molar-refractivity contribution in [1.82, 2.24) is 4.90 Å². The van der Waals surface area contributed by atoms with Gasteiger partial charge in [0.1, 0.15) is 0 Å². The van der Waals surface area contributed by atoms with Crippen molar-refractivity contribution in [2.45, 2.75) is 23.9 Å². The van der Waals surface area contributed by atoms with E-state index in [-0.39, 0.29) is 23.8 Å². The summed E-state index contributed by atoms with van der Waals surface area (Å²) in [5.41, 5.74) is -3.57. The number of thioether (sulfide) groups is 1. The molecular weight excluding hydrogens is 367 g/mol. The van der Waals surface area contributed by atoms with Crippen LogP contribution in [0.15, 0.2) is 17.0 Å². The first kappa shape index (κ1) is 19.0. The Balaban J connectivity index is 2.38. The lowest BCUT2D eigenvalue weighted by Crippen LogP contribution is -2.29. The molecule has 1 saturated heterocycles. The van der Waals surface area contributed by atoms with Crippen LogP contribution < -0.4 is 0 Å². The fourth-order valence-electron chi connectivity index (χ4n) is 2.37. The monoisotopic (exact) mass is 379 g/mol. The molecule has 8 nitrogen and oxygen atoms in total. The van der Waals surface area contributed by atoms with Crippen molar-refractivity contribution in [3.8, 4) is 0 Å². The molecule has 1 amide bonds. The molecule has 136 valence electrons. The van der Waals surface area contributed by atoms with Gasteiger partial charge in [-0.25, -0.2) is 0 Å². The number of nitro benzene ring substituents is 2. The molecule has 0 aromatic heterocycles. The van der Waals surface area contributed by atoms with E-state index in [1.807, 2.05) is 0 Å². The van der Waals surface area contributed by atoms with Gasteiger partial charge < -0.3 is 4.90 Å². The van der Waals surface area contributed by atoms with Gasteiger partial charge in [-0.2, -0.15) is 13.2 Å². The highest BCUT2D eigenvalue weighted by atomic mass is 32.2. The second-order valence-corrected chi connectivity index (χ2v) is 6.22. The Labute approximate surface area is 143 Å². The van der Waals surface area contributed by atoms with E-state index in [0.717, 1.165) is 12.8 Å². The second kappa shape index (κ2) is 7.25. The Kier molecular flexibility index (Phi) is 5.50. The third-order valence-corrected chi connectivity index (χ3v) is 4.67. The SMILES string of the molecule is O=C(CSc1c([N+](=O)[O-])cc(C(F)(F)F)cc1[N+](=O)[O-])N1CCCC1. The molecule has 25 heavy (non-hydrogen) atoms. The summed E-state index contributed by atoms with van der Waals surface area (Å²) in [4.78, 5) is 32.9. The summed E-state index contributed by atoms with van der Waals surface area (Å²) in [5, 5.41) is 22.2. The number of benzene rings is 1. The molecule has 0 saturated carbocycles. The summed E-state index contributed by atoms with van der Waals surface area (Å²) in [6.07, 6.45) is -3.34. The fraction of sp³-hybridized carbons (Fsp3) is 0.462. The lowest BCUT2D eigenvalue weighted by Gasteiger charge is -2.15. The molecule has 1 fully saturated rings. The number of carbonyl (C=O) groups is 1. The van der Waals surface area contributed by atoms with Crippen LogP contribution in [-0.4, -0.2) is 39.5 Å². The summed E-state index contributed by atoms with van der Waals surface area (Å²) in [6, 6.07) is 0.491. The van der Waals surface area contributed by atoms with Crippen molar-refractivity contribution in [3.63, 3.8) is 0 Å². The highest BCUT2D eigenvalue weighted by Crippen LogP contribution is 2.42. The van der Waals surface area contributed by atoms with Gasteiger partial charge in [0, 0.05) is 25.2 Å². The van der Waals surface area contributed by atoms with Crippen LogP contribution in [0.5, 0.6) is 0 Å². The molecule has 0 bridgehead atoms. The van der Waals surface area contributed by atoms with Crippen molar-refractivity contribution in [3.05, 3.63) is 37.9 Å². The van der Waals surface area contributed by atoms with E-state index in [1.165, 1.54) is 4.90 Å². The number of hydrogen-bond donors (Lipinski definition) is 0. The van der Waals surface area contributed by atoms with Crippen LogP contribution in [0.4, 0.5) is 24.5 Å². The number of halogens is 3. The molecule has 0 atom stereocenters. The van der Waals surface area contributed by atoms with Gasteiger partial charge in [-0.3, -0.25) is 25.0 Å². The zero-order valence-corrected chi connectivity index (χ0v) is 13.4. The summed E-state index contributed by atoms with van der Waals surface area (Å²) < 4.78 is 38.4. The number of hydrogen-bond acceptors (Lipinski definition) is 6. The van der Waals surface area contributed by atoms with Gasteiger partial charge in [0.15, 0.2) is 4.90 Å². The number of alkyl halides is 3. The highest BCUT2D eigenvalue weighted by Gasteiger charge is 2.38. The summed E-state index contributed by atoms with van der Waals surface area (Å²) in [5.74, 6) is -0.696. The molecule has 1 aliphatic rings. The van der Waals surface area contributed by atoms with Crippen LogP contribution in [-0.2, 0) is 11.0 Å². The predicted octanol–water partition coefficient (Wildman–Crippen LogP) is 3.24. The first-order valence-corrected chi connectivity index (χ1v) is 8.04. The van der Waals surface area contributed by atoms with E-state index in [1.54, 1.807) is 0 Å². The van der Waals surface area contributed by atoms with E-state index >= 15 is 0 Å².